The van der Waals surface area contributed by atoms with Crippen LogP contribution in [0.25, 0.3) is 10.8 Å². The lowest BCUT2D eigenvalue weighted by Crippen LogP contribution is -2.50. The molecule has 3 aromatic rings. The van der Waals surface area contributed by atoms with Gasteiger partial charge in [0.15, 0.2) is 9.84 Å². The third-order valence-corrected chi connectivity index (χ3v) is 7.93. The summed E-state index contributed by atoms with van der Waals surface area (Å²) in [5.74, 6) is -2.25. The van der Waals surface area contributed by atoms with Crippen LogP contribution in [0.3, 0.4) is 0 Å². The molecule has 0 unspecified atom stereocenters. The van der Waals surface area contributed by atoms with Crippen LogP contribution in [-0.4, -0.2) is 48.2 Å². The van der Waals surface area contributed by atoms with E-state index in [1.807, 2.05) is 30.3 Å². The van der Waals surface area contributed by atoms with Crippen LogP contribution in [0.1, 0.15) is 32.3 Å². The van der Waals surface area contributed by atoms with Gasteiger partial charge in [-0.1, -0.05) is 62.7 Å². The van der Waals surface area contributed by atoms with Gasteiger partial charge in [-0.3, -0.25) is 9.78 Å². The Balaban J connectivity index is 0.00000324. The zero-order valence-electron chi connectivity index (χ0n) is 18.2. The molecule has 34 heavy (non-hydrogen) atoms. The van der Waals surface area contributed by atoms with Crippen LogP contribution in [0.5, 0.6) is 0 Å². The molecule has 2 aromatic carbocycles. The van der Waals surface area contributed by atoms with E-state index in [4.69, 9.17) is 0 Å². The minimum Gasteiger partial charge on any atom is -0.426 e. The molecule has 1 aliphatic rings. The minimum absolute atomic E-state index is 0. The highest BCUT2D eigenvalue weighted by Gasteiger charge is 2.35. The summed E-state index contributed by atoms with van der Waals surface area (Å²) < 4.78 is 26.9. The molecule has 1 fully saturated rings. The smallest absolute Gasteiger partial charge is 0.426 e. The van der Waals surface area contributed by atoms with E-state index >= 15 is 0 Å². The van der Waals surface area contributed by atoms with Crippen LogP contribution in [0, 0.1) is 11.8 Å². The summed E-state index contributed by atoms with van der Waals surface area (Å²) >= 11 is 0. The second kappa shape index (κ2) is 11.1. The Morgan fingerprint density at radius 1 is 1.09 bits per heavy atom. The number of sulfone groups is 1. The Labute approximate surface area is 201 Å². The molecule has 1 aromatic heterocycles. The Hall–Kier alpha value is -2.75. The van der Waals surface area contributed by atoms with Crippen molar-refractivity contribution >= 4 is 33.6 Å². The van der Waals surface area contributed by atoms with Gasteiger partial charge < -0.3 is 15.4 Å². The minimum atomic E-state index is -3.83. The van der Waals surface area contributed by atoms with E-state index in [1.54, 1.807) is 36.7 Å². The van der Waals surface area contributed by atoms with Gasteiger partial charge in [0.25, 0.3) is 0 Å². The highest BCUT2D eigenvalue weighted by atomic mass is 32.2. The average molecular weight is 482 g/mol. The molecule has 0 spiro atoms. The standard InChI is InChI=1S/C24H27BN2O5S.CH4/c28-24(27-23(25(29)30)14-18-9-10-18)20(13-17-5-2-1-3-6-17)16-33(31,32)22-8-4-7-19-15-26-12-11-21(19)22;/h1-8,11-12,15,18,20,23,29-30H,9-10,13-14,16H2,(H,27,28);1H4/t20-,23+;/m1./s1. The maximum Gasteiger partial charge on any atom is 0.475 e. The van der Waals surface area contributed by atoms with Crippen LogP contribution in [0.15, 0.2) is 71.9 Å². The maximum absolute atomic E-state index is 13.5. The SMILES string of the molecule is C.O=C(N[C@@H](CC1CC1)B(O)O)[C@H](Cc1ccccc1)CS(=O)(=O)c1cccc2cnccc12. The van der Waals surface area contributed by atoms with Gasteiger partial charge in [0, 0.05) is 23.2 Å². The van der Waals surface area contributed by atoms with Gasteiger partial charge in [0.1, 0.15) is 0 Å². The molecular weight excluding hydrogens is 451 g/mol. The van der Waals surface area contributed by atoms with Crippen LogP contribution in [-0.2, 0) is 21.1 Å². The molecule has 1 heterocycles. The van der Waals surface area contributed by atoms with E-state index in [9.17, 15) is 23.3 Å². The highest BCUT2D eigenvalue weighted by Crippen LogP contribution is 2.34. The third-order valence-electron chi connectivity index (χ3n) is 6.06. The second-order valence-corrected chi connectivity index (χ2v) is 10.7. The number of amides is 1. The number of rotatable bonds is 10. The lowest BCUT2D eigenvalue weighted by atomic mass is 9.76. The van der Waals surface area contributed by atoms with Gasteiger partial charge in [-0.25, -0.2) is 8.42 Å². The Morgan fingerprint density at radius 3 is 2.50 bits per heavy atom. The molecule has 0 saturated heterocycles. The summed E-state index contributed by atoms with van der Waals surface area (Å²) in [4.78, 5) is 17.4. The summed E-state index contributed by atoms with van der Waals surface area (Å²) in [7, 11) is -5.53. The van der Waals surface area contributed by atoms with E-state index < -0.39 is 40.5 Å². The number of hydrogen-bond acceptors (Lipinski definition) is 6. The first-order chi connectivity index (χ1) is 15.8. The highest BCUT2D eigenvalue weighted by molar-refractivity contribution is 7.91. The topological polar surface area (TPSA) is 117 Å². The first-order valence-corrected chi connectivity index (χ1v) is 12.7. The molecule has 4 rings (SSSR count). The predicted molar refractivity (Wildman–Crippen MR) is 134 cm³/mol. The number of aromatic nitrogens is 1. The van der Waals surface area contributed by atoms with Gasteiger partial charge in [0.05, 0.1) is 22.5 Å². The first kappa shape index (κ1) is 25.9. The van der Waals surface area contributed by atoms with Crippen LogP contribution in [0.4, 0.5) is 0 Å². The molecule has 1 aliphatic carbocycles. The van der Waals surface area contributed by atoms with Crippen molar-refractivity contribution in [1.82, 2.24) is 10.3 Å². The van der Waals surface area contributed by atoms with Gasteiger partial charge in [-0.05, 0) is 36.5 Å². The molecule has 9 heteroatoms. The quantitative estimate of drug-likeness (QED) is 0.383. The lowest BCUT2D eigenvalue weighted by Gasteiger charge is -2.23. The van der Waals surface area contributed by atoms with Crippen molar-refractivity contribution in [1.29, 1.82) is 0 Å². The van der Waals surface area contributed by atoms with Gasteiger partial charge in [-0.2, -0.15) is 0 Å². The molecule has 7 nitrogen and oxygen atoms in total. The average Bonchev–Trinajstić information content (AvgIpc) is 3.62. The third kappa shape index (κ3) is 6.43. The fourth-order valence-corrected chi connectivity index (χ4v) is 5.90. The summed E-state index contributed by atoms with van der Waals surface area (Å²) in [6.07, 6.45) is 5.82. The Kier molecular flexibility index (Phi) is 8.46. The van der Waals surface area contributed by atoms with Gasteiger partial charge in [-0.15, -0.1) is 0 Å². The zero-order valence-corrected chi connectivity index (χ0v) is 19.0. The molecule has 180 valence electrons. The number of fused-ring (bicyclic) bond motifs is 1. The van der Waals surface area contributed by atoms with Crippen LogP contribution >= 0.6 is 0 Å². The number of pyridine rings is 1. The normalized spacial score (nSPS) is 15.2. The van der Waals surface area contributed by atoms with E-state index in [0.717, 1.165) is 18.4 Å². The van der Waals surface area contributed by atoms with Crippen molar-refractivity contribution in [3.63, 3.8) is 0 Å². The number of benzene rings is 2. The summed E-state index contributed by atoms with van der Waals surface area (Å²) in [5, 5.41) is 23.5. The molecule has 0 bridgehead atoms. The molecule has 2 atom stereocenters. The monoisotopic (exact) mass is 482 g/mol. The number of carbonyl (C=O) groups is 1. The van der Waals surface area contributed by atoms with Gasteiger partial charge in [0.2, 0.25) is 5.91 Å². The van der Waals surface area contributed by atoms with E-state index in [0.29, 0.717) is 23.1 Å². The second-order valence-electron chi connectivity index (χ2n) is 8.73. The lowest BCUT2D eigenvalue weighted by molar-refractivity contribution is -0.124. The number of carbonyl (C=O) groups excluding carboxylic acids is 1. The molecule has 1 saturated carbocycles. The molecule has 1 amide bonds. The molecular formula is C25H31BN2O5S. The summed E-state index contributed by atoms with van der Waals surface area (Å²) in [6, 6.07) is 15.9. The maximum atomic E-state index is 13.5. The fraction of sp³-hybridized carbons (Fsp3) is 0.360. The number of nitrogens with one attached hydrogen (secondary N) is 1. The van der Waals surface area contributed by atoms with Crippen molar-refractivity contribution in [3.8, 4) is 0 Å². The van der Waals surface area contributed by atoms with Crippen LogP contribution < -0.4 is 5.32 Å². The molecule has 3 N–H and O–H groups in total. The van der Waals surface area contributed by atoms with Crippen LogP contribution in [0.2, 0.25) is 0 Å². The van der Waals surface area contributed by atoms with Crippen molar-refractivity contribution < 1.29 is 23.3 Å². The summed E-state index contributed by atoms with van der Waals surface area (Å²) in [5.41, 5.74) is 0.832. The van der Waals surface area contributed by atoms with Crippen molar-refractivity contribution in [2.24, 2.45) is 11.8 Å². The van der Waals surface area contributed by atoms with Crippen molar-refractivity contribution in [2.45, 2.75) is 43.9 Å². The fourth-order valence-electron chi connectivity index (χ4n) is 4.11. The van der Waals surface area contributed by atoms with E-state index in [-0.39, 0.29) is 18.7 Å². The first-order valence-electron chi connectivity index (χ1n) is 11.1. The molecule has 0 radical (unpaired) electrons. The van der Waals surface area contributed by atoms with Crippen molar-refractivity contribution in [2.75, 3.05) is 5.75 Å². The largest absolute Gasteiger partial charge is 0.475 e. The van der Waals surface area contributed by atoms with Crippen molar-refractivity contribution in [3.05, 3.63) is 72.6 Å². The van der Waals surface area contributed by atoms with E-state index in [1.165, 1.54) is 0 Å². The Bertz CT molecular complexity index is 1210. The van der Waals surface area contributed by atoms with E-state index in [2.05, 4.69) is 10.3 Å². The molecule has 0 aliphatic heterocycles. The zero-order chi connectivity index (χ0) is 23.4. The van der Waals surface area contributed by atoms with Gasteiger partial charge >= 0.3 is 7.12 Å². The number of hydrogen-bond donors (Lipinski definition) is 3. The predicted octanol–water partition coefficient (Wildman–Crippen LogP) is 2.80. The number of nitrogens with zero attached hydrogens (tertiary/aromatic N) is 1. The summed E-state index contributed by atoms with van der Waals surface area (Å²) in [6.45, 7) is 0. The Morgan fingerprint density at radius 2 is 1.82 bits per heavy atom.